The summed E-state index contributed by atoms with van der Waals surface area (Å²) in [6.07, 6.45) is 0. The van der Waals surface area contributed by atoms with Crippen LogP contribution in [0.3, 0.4) is 0 Å². The third kappa shape index (κ3) is 3.34. The Balaban J connectivity index is 1.83. The van der Waals surface area contributed by atoms with Crippen molar-refractivity contribution in [1.29, 1.82) is 0 Å². The zero-order chi connectivity index (χ0) is 19.8. The van der Waals surface area contributed by atoms with Crippen LogP contribution < -0.4 is 5.32 Å². The Hall–Kier alpha value is -3.25. The summed E-state index contributed by atoms with van der Waals surface area (Å²) < 4.78 is 15.2. The van der Waals surface area contributed by atoms with E-state index >= 15 is 0 Å². The van der Waals surface area contributed by atoms with E-state index in [1.165, 1.54) is 12.1 Å². The van der Waals surface area contributed by atoms with Gasteiger partial charge in [-0.2, -0.15) is 5.10 Å². The lowest BCUT2D eigenvalue weighted by Gasteiger charge is -2.09. The van der Waals surface area contributed by atoms with Gasteiger partial charge in [-0.1, -0.05) is 17.7 Å². The van der Waals surface area contributed by atoms with Crippen LogP contribution in [0, 0.1) is 19.7 Å². The van der Waals surface area contributed by atoms with Crippen molar-refractivity contribution in [2.24, 2.45) is 0 Å². The summed E-state index contributed by atoms with van der Waals surface area (Å²) in [7, 11) is 0. The topological polar surface area (TPSA) is 59.8 Å². The van der Waals surface area contributed by atoms with Crippen LogP contribution in [0.1, 0.15) is 21.7 Å². The monoisotopic (exact) mass is 394 g/mol. The first-order valence-corrected chi connectivity index (χ1v) is 9.00. The Morgan fingerprint density at radius 3 is 2.57 bits per heavy atom. The van der Waals surface area contributed by atoms with E-state index in [2.05, 4.69) is 15.4 Å². The maximum atomic E-state index is 13.7. The van der Waals surface area contributed by atoms with Crippen molar-refractivity contribution in [2.45, 2.75) is 13.8 Å². The number of benzene rings is 2. The van der Waals surface area contributed by atoms with E-state index in [1.807, 2.05) is 0 Å². The van der Waals surface area contributed by atoms with E-state index in [0.29, 0.717) is 44.4 Å². The van der Waals surface area contributed by atoms with E-state index in [9.17, 15) is 9.18 Å². The molecule has 0 saturated heterocycles. The molecule has 4 rings (SSSR count). The second-order valence-electron chi connectivity index (χ2n) is 6.45. The minimum Gasteiger partial charge on any atom is -0.322 e. The summed E-state index contributed by atoms with van der Waals surface area (Å²) in [4.78, 5) is 17.5. The molecule has 140 valence electrons. The molecule has 0 spiro atoms. The number of aryl methyl sites for hydroxylation is 2. The van der Waals surface area contributed by atoms with Crippen LogP contribution in [0.5, 0.6) is 0 Å². The fourth-order valence-corrected chi connectivity index (χ4v) is 3.24. The van der Waals surface area contributed by atoms with Crippen molar-refractivity contribution in [3.63, 3.8) is 0 Å². The fraction of sp³-hybridized carbons (Fsp3) is 0.0952. The molecule has 0 aliphatic carbocycles. The molecule has 0 radical (unpaired) electrons. The van der Waals surface area contributed by atoms with Crippen LogP contribution in [0.25, 0.3) is 16.7 Å². The summed E-state index contributed by atoms with van der Waals surface area (Å²) in [5.41, 5.74) is 3.42. The Bertz CT molecular complexity index is 1200. The lowest BCUT2D eigenvalue weighted by Crippen LogP contribution is -2.13. The third-order valence-corrected chi connectivity index (χ3v) is 4.59. The van der Waals surface area contributed by atoms with Crippen molar-refractivity contribution >= 4 is 34.2 Å². The number of hydrogen-bond acceptors (Lipinski definition) is 3. The van der Waals surface area contributed by atoms with Crippen LogP contribution in [-0.2, 0) is 0 Å². The second-order valence-corrected chi connectivity index (χ2v) is 6.88. The number of anilines is 1. The van der Waals surface area contributed by atoms with Crippen molar-refractivity contribution in [1.82, 2.24) is 14.8 Å². The van der Waals surface area contributed by atoms with Crippen LogP contribution in [0.15, 0.2) is 54.6 Å². The molecule has 0 aliphatic heterocycles. The highest BCUT2D eigenvalue weighted by molar-refractivity contribution is 6.30. The molecule has 0 unspecified atom stereocenters. The quantitative estimate of drug-likeness (QED) is 0.527. The molecule has 1 amide bonds. The highest BCUT2D eigenvalue weighted by atomic mass is 35.5. The number of carbonyl (C=O) groups is 1. The first-order chi connectivity index (χ1) is 13.4. The van der Waals surface area contributed by atoms with Crippen LogP contribution in [0.4, 0.5) is 10.1 Å². The minimum atomic E-state index is -0.368. The molecule has 2 aromatic heterocycles. The Morgan fingerprint density at radius 1 is 1.11 bits per heavy atom. The minimum absolute atomic E-state index is 0.278. The number of hydrogen-bond donors (Lipinski definition) is 1. The highest BCUT2D eigenvalue weighted by Crippen LogP contribution is 2.26. The molecular formula is C21H16ClFN4O. The Kier molecular flexibility index (Phi) is 4.57. The molecule has 2 aromatic carbocycles. The SMILES string of the molecule is Cc1cc(C(=O)Nc2ccc(Cl)cc2)c2c(C)nn(-c3cccc(F)c3)c2n1. The Labute approximate surface area is 165 Å². The van der Waals surface area contributed by atoms with E-state index in [-0.39, 0.29) is 11.7 Å². The number of nitrogens with one attached hydrogen (secondary N) is 1. The number of pyridine rings is 1. The fourth-order valence-electron chi connectivity index (χ4n) is 3.11. The molecule has 0 saturated carbocycles. The second kappa shape index (κ2) is 7.05. The van der Waals surface area contributed by atoms with Gasteiger partial charge < -0.3 is 5.32 Å². The number of amides is 1. The average Bonchev–Trinajstić information content (AvgIpc) is 2.99. The van der Waals surface area contributed by atoms with E-state index in [1.54, 1.807) is 61.0 Å². The van der Waals surface area contributed by atoms with Crippen molar-refractivity contribution in [3.8, 4) is 5.69 Å². The van der Waals surface area contributed by atoms with Crippen molar-refractivity contribution in [2.75, 3.05) is 5.32 Å². The highest BCUT2D eigenvalue weighted by Gasteiger charge is 2.20. The van der Waals surface area contributed by atoms with Crippen LogP contribution in [0.2, 0.25) is 5.02 Å². The largest absolute Gasteiger partial charge is 0.322 e. The zero-order valence-electron chi connectivity index (χ0n) is 15.2. The van der Waals surface area contributed by atoms with Gasteiger partial charge in [-0.25, -0.2) is 14.1 Å². The lowest BCUT2D eigenvalue weighted by molar-refractivity contribution is 0.102. The molecule has 5 nitrogen and oxygen atoms in total. The van der Waals surface area contributed by atoms with E-state index < -0.39 is 0 Å². The summed E-state index contributed by atoms with van der Waals surface area (Å²) in [5.74, 6) is -0.646. The molecule has 2 heterocycles. The summed E-state index contributed by atoms with van der Waals surface area (Å²) in [5, 5.41) is 8.58. The van der Waals surface area contributed by atoms with Gasteiger partial charge in [0.25, 0.3) is 5.91 Å². The van der Waals surface area contributed by atoms with Crippen LogP contribution in [-0.4, -0.2) is 20.7 Å². The van der Waals surface area contributed by atoms with Crippen molar-refractivity contribution < 1.29 is 9.18 Å². The molecule has 0 fully saturated rings. The summed E-state index contributed by atoms with van der Waals surface area (Å²) >= 11 is 5.90. The molecule has 0 bridgehead atoms. The third-order valence-electron chi connectivity index (χ3n) is 4.34. The molecule has 28 heavy (non-hydrogen) atoms. The van der Waals surface area contributed by atoms with Gasteiger partial charge in [0.05, 0.1) is 22.3 Å². The summed E-state index contributed by atoms with van der Waals surface area (Å²) in [6, 6.07) is 14.7. The predicted molar refractivity (Wildman–Crippen MR) is 108 cm³/mol. The predicted octanol–water partition coefficient (Wildman–Crippen LogP) is 5.08. The number of carbonyl (C=O) groups excluding carboxylic acids is 1. The normalized spacial score (nSPS) is 11.0. The summed E-state index contributed by atoms with van der Waals surface area (Å²) in [6.45, 7) is 3.60. The van der Waals surface area contributed by atoms with Gasteiger partial charge in [0.1, 0.15) is 5.82 Å². The molecule has 7 heteroatoms. The number of halogens is 2. The number of aromatic nitrogens is 3. The first-order valence-electron chi connectivity index (χ1n) is 8.62. The van der Waals surface area contributed by atoms with E-state index in [0.717, 1.165) is 0 Å². The Morgan fingerprint density at radius 2 is 1.86 bits per heavy atom. The maximum absolute atomic E-state index is 13.7. The molecule has 0 atom stereocenters. The van der Waals surface area contributed by atoms with Gasteiger partial charge in [-0.3, -0.25) is 4.79 Å². The van der Waals surface area contributed by atoms with Gasteiger partial charge >= 0.3 is 0 Å². The smallest absolute Gasteiger partial charge is 0.256 e. The number of rotatable bonds is 3. The molecule has 4 aromatic rings. The van der Waals surface area contributed by atoms with Gasteiger partial charge in [-0.15, -0.1) is 0 Å². The van der Waals surface area contributed by atoms with Gasteiger partial charge in [0, 0.05) is 16.4 Å². The number of nitrogens with zero attached hydrogens (tertiary/aromatic N) is 3. The standard InChI is InChI=1S/C21H16ClFN4O/c1-12-10-18(21(28)25-16-8-6-14(22)7-9-16)19-13(2)26-27(20(19)24-12)17-5-3-4-15(23)11-17/h3-11H,1-2H3,(H,25,28). The zero-order valence-corrected chi connectivity index (χ0v) is 16.0. The van der Waals surface area contributed by atoms with Crippen LogP contribution >= 0.6 is 11.6 Å². The first kappa shape index (κ1) is 18.1. The molecular weight excluding hydrogens is 379 g/mol. The lowest BCUT2D eigenvalue weighted by atomic mass is 10.1. The van der Waals surface area contributed by atoms with Gasteiger partial charge in [0.15, 0.2) is 5.65 Å². The van der Waals surface area contributed by atoms with E-state index in [4.69, 9.17) is 11.6 Å². The molecule has 1 N–H and O–H groups in total. The average molecular weight is 395 g/mol. The van der Waals surface area contributed by atoms with Gasteiger partial charge in [-0.05, 0) is 62.4 Å². The maximum Gasteiger partial charge on any atom is 0.256 e. The van der Waals surface area contributed by atoms with Crippen molar-refractivity contribution in [3.05, 3.63) is 82.4 Å². The number of fused-ring (bicyclic) bond motifs is 1. The molecule has 0 aliphatic rings. The van der Waals surface area contributed by atoms with Gasteiger partial charge in [0.2, 0.25) is 0 Å².